The van der Waals surface area contributed by atoms with Crippen LogP contribution in [-0.2, 0) is 23.5 Å². The van der Waals surface area contributed by atoms with Gasteiger partial charge in [0.1, 0.15) is 0 Å². The number of hydrogen-bond donors (Lipinski definition) is 1. The van der Waals surface area contributed by atoms with Gasteiger partial charge in [-0.25, -0.2) is 4.98 Å². The van der Waals surface area contributed by atoms with Gasteiger partial charge in [-0.2, -0.15) is 0 Å². The van der Waals surface area contributed by atoms with Crippen LogP contribution >= 0.6 is 11.8 Å². The molecule has 1 fully saturated rings. The Labute approximate surface area is 228 Å². The first-order valence-electron chi connectivity index (χ1n) is 13.6. The largest absolute Gasteiger partial charge is 0.356 e. The number of hydrogen-bond acceptors (Lipinski definition) is 4. The van der Waals surface area contributed by atoms with Crippen LogP contribution in [0.2, 0.25) is 0 Å². The summed E-state index contributed by atoms with van der Waals surface area (Å²) in [4.78, 5) is 31.2. The van der Waals surface area contributed by atoms with E-state index in [4.69, 9.17) is 4.98 Å². The van der Waals surface area contributed by atoms with Crippen molar-refractivity contribution in [3.8, 4) is 0 Å². The summed E-state index contributed by atoms with van der Waals surface area (Å²) in [7, 11) is 0. The van der Waals surface area contributed by atoms with Crippen molar-refractivity contribution in [2.45, 2.75) is 56.5 Å². The molecule has 0 unspecified atom stereocenters. The van der Waals surface area contributed by atoms with Gasteiger partial charge in [-0.1, -0.05) is 78.5 Å². The van der Waals surface area contributed by atoms with E-state index < -0.39 is 0 Å². The lowest BCUT2D eigenvalue weighted by Crippen LogP contribution is -2.35. The van der Waals surface area contributed by atoms with Crippen molar-refractivity contribution in [1.29, 1.82) is 0 Å². The number of thioether (sulfide) groups is 1. The third-order valence-corrected chi connectivity index (χ3v) is 8.68. The minimum Gasteiger partial charge on any atom is -0.356 e. The molecule has 0 bridgehead atoms. The maximum absolute atomic E-state index is 13.6. The average Bonchev–Trinajstić information content (AvgIpc) is 2.95. The van der Waals surface area contributed by atoms with Gasteiger partial charge in [0, 0.05) is 24.8 Å². The van der Waals surface area contributed by atoms with E-state index in [1.807, 2.05) is 53.1 Å². The molecule has 1 N–H and O–H groups in total. The number of amides is 1. The maximum atomic E-state index is 13.6. The van der Waals surface area contributed by atoms with Gasteiger partial charge in [-0.05, 0) is 73.8 Å². The van der Waals surface area contributed by atoms with Crippen LogP contribution in [0.5, 0.6) is 0 Å². The number of aromatic nitrogens is 2. The summed E-state index contributed by atoms with van der Waals surface area (Å²) < 4.78 is 1.89. The molecule has 0 radical (unpaired) electrons. The Morgan fingerprint density at radius 3 is 2.45 bits per heavy atom. The highest BCUT2D eigenvalue weighted by Gasteiger charge is 2.27. The van der Waals surface area contributed by atoms with Gasteiger partial charge >= 0.3 is 0 Å². The first-order valence-corrected chi connectivity index (χ1v) is 14.6. The Bertz CT molecular complexity index is 1440. The molecule has 1 aliphatic rings. The molecule has 3 aromatic carbocycles. The molecule has 1 aliphatic carbocycles. The topological polar surface area (TPSA) is 64.0 Å². The lowest BCUT2D eigenvalue weighted by molar-refractivity contribution is -0.126. The number of fused-ring (bicyclic) bond motifs is 1. The Morgan fingerprint density at radius 1 is 0.947 bits per heavy atom. The minimum atomic E-state index is 0.0312. The van der Waals surface area contributed by atoms with Gasteiger partial charge in [0.05, 0.1) is 10.9 Å². The number of carbonyl (C=O) groups is 1. The van der Waals surface area contributed by atoms with Crippen molar-refractivity contribution >= 4 is 28.6 Å². The number of para-hydroxylation sites is 1. The van der Waals surface area contributed by atoms with Crippen LogP contribution in [0.4, 0.5) is 0 Å². The van der Waals surface area contributed by atoms with Crippen LogP contribution < -0.4 is 10.9 Å². The normalized spacial score (nSPS) is 17.4. The monoisotopic (exact) mass is 525 g/mol. The number of carbonyl (C=O) groups excluding carboxylic acids is 1. The molecule has 0 atom stereocenters. The standard InChI is InChI=1S/C32H35N3O2S/c1-23-9-5-6-12-27(23)22-38-32-34-29-14-8-7-13-28(29)31(37)35(32)21-25-15-17-26(18-16-25)30(36)33-20-19-24-10-3-2-4-11-24/h2-14,25-26H,15-22H2,1H3,(H,33,36). The van der Waals surface area contributed by atoms with E-state index in [9.17, 15) is 9.59 Å². The van der Waals surface area contributed by atoms with Gasteiger partial charge in [-0.3, -0.25) is 14.2 Å². The third-order valence-electron chi connectivity index (χ3n) is 7.66. The molecule has 1 heterocycles. The number of nitrogens with one attached hydrogen (secondary N) is 1. The SMILES string of the molecule is Cc1ccccc1CSc1nc2ccccc2c(=O)n1CC1CCC(C(=O)NCCc2ccccc2)CC1. The van der Waals surface area contributed by atoms with Crippen LogP contribution in [0.25, 0.3) is 10.9 Å². The van der Waals surface area contributed by atoms with E-state index in [1.54, 1.807) is 11.8 Å². The molecule has 0 aliphatic heterocycles. The zero-order chi connectivity index (χ0) is 26.3. The van der Waals surface area contributed by atoms with E-state index in [0.29, 0.717) is 24.4 Å². The first-order chi connectivity index (χ1) is 18.6. The molecule has 4 aromatic rings. The van der Waals surface area contributed by atoms with Crippen molar-refractivity contribution < 1.29 is 4.79 Å². The van der Waals surface area contributed by atoms with Gasteiger partial charge < -0.3 is 5.32 Å². The highest BCUT2D eigenvalue weighted by molar-refractivity contribution is 7.98. The van der Waals surface area contributed by atoms with Crippen molar-refractivity contribution in [3.63, 3.8) is 0 Å². The molecule has 1 saturated carbocycles. The second kappa shape index (κ2) is 12.4. The van der Waals surface area contributed by atoms with E-state index in [0.717, 1.165) is 48.5 Å². The zero-order valence-electron chi connectivity index (χ0n) is 21.9. The molecule has 1 amide bonds. The van der Waals surface area contributed by atoms with Gasteiger partial charge in [0.15, 0.2) is 5.16 Å². The molecule has 6 heteroatoms. The summed E-state index contributed by atoms with van der Waals surface area (Å²) in [5.74, 6) is 1.36. The lowest BCUT2D eigenvalue weighted by Gasteiger charge is -2.28. The van der Waals surface area contributed by atoms with Crippen molar-refractivity contribution in [2.75, 3.05) is 6.54 Å². The summed E-state index contributed by atoms with van der Waals surface area (Å²) >= 11 is 1.63. The molecule has 0 saturated heterocycles. The van der Waals surface area contributed by atoms with E-state index in [-0.39, 0.29) is 17.4 Å². The van der Waals surface area contributed by atoms with E-state index in [1.165, 1.54) is 16.7 Å². The molecule has 38 heavy (non-hydrogen) atoms. The highest BCUT2D eigenvalue weighted by atomic mass is 32.2. The second-order valence-electron chi connectivity index (χ2n) is 10.3. The Balaban J connectivity index is 1.23. The summed E-state index contributed by atoms with van der Waals surface area (Å²) in [6.45, 7) is 3.44. The second-order valence-corrected chi connectivity index (χ2v) is 11.2. The molecule has 1 aromatic heterocycles. The summed E-state index contributed by atoms with van der Waals surface area (Å²) in [6, 6.07) is 26.2. The maximum Gasteiger partial charge on any atom is 0.262 e. The van der Waals surface area contributed by atoms with E-state index >= 15 is 0 Å². The van der Waals surface area contributed by atoms with Crippen LogP contribution in [0.3, 0.4) is 0 Å². The smallest absolute Gasteiger partial charge is 0.262 e. The Kier molecular flexibility index (Phi) is 8.59. The fourth-order valence-corrected chi connectivity index (χ4v) is 6.40. The average molecular weight is 526 g/mol. The van der Waals surface area contributed by atoms with Crippen LogP contribution in [0.15, 0.2) is 88.8 Å². The first kappa shape index (κ1) is 26.2. The Morgan fingerprint density at radius 2 is 1.66 bits per heavy atom. The quantitative estimate of drug-likeness (QED) is 0.210. The summed E-state index contributed by atoms with van der Waals surface area (Å²) in [5.41, 5.74) is 4.52. The zero-order valence-corrected chi connectivity index (χ0v) is 22.8. The number of benzene rings is 3. The minimum absolute atomic E-state index is 0.0312. The molecule has 5 rings (SSSR count). The number of rotatable bonds is 9. The third kappa shape index (κ3) is 6.36. The van der Waals surface area contributed by atoms with E-state index in [2.05, 4.69) is 42.6 Å². The predicted octanol–water partition coefficient (Wildman–Crippen LogP) is 6.16. The van der Waals surface area contributed by atoms with Gasteiger partial charge in [-0.15, -0.1) is 0 Å². The number of nitrogens with zero attached hydrogens (tertiary/aromatic N) is 2. The fourth-order valence-electron chi connectivity index (χ4n) is 5.32. The van der Waals surface area contributed by atoms with Gasteiger partial charge in [0.25, 0.3) is 5.56 Å². The molecular formula is C32H35N3O2S. The Hall–Kier alpha value is -3.38. The molecule has 0 spiro atoms. The molecule has 5 nitrogen and oxygen atoms in total. The van der Waals surface area contributed by atoms with Crippen molar-refractivity contribution in [3.05, 3.63) is 106 Å². The number of aryl methyl sites for hydroxylation is 1. The van der Waals surface area contributed by atoms with Crippen LogP contribution in [0.1, 0.15) is 42.4 Å². The molecule has 196 valence electrons. The lowest BCUT2D eigenvalue weighted by atomic mass is 9.81. The summed E-state index contributed by atoms with van der Waals surface area (Å²) in [6.07, 6.45) is 4.46. The predicted molar refractivity (Wildman–Crippen MR) is 155 cm³/mol. The molecular weight excluding hydrogens is 490 g/mol. The highest BCUT2D eigenvalue weighted by Crippen LogP contribution is 2.31. The van der Waals surface area contributed by atoms with Crippen molar-refractivity contribution in [1.82, 2.24) is 14.9 Å². The van der Waals surface area contributed by atoms with Crippen LogP contribution in [0, 0.1) is 18.8 Å². The summed E-state index contributed by atoms with van der Waals surface area (Å²) in [5, 5.41) is 4.57. The fraction of sp³-hybridized carbons (Fsp3) is 0.344. The van der Waals surface area contributed by atoms with Crippen molar-refractivity contribution in [2.24, 2.45) is 11.8 Å². The van der Waals surface area contributed by atoms with Crippen LogP contribution in [-0.4, -0.2) is 22.0 Å². The van der Waals surface area contributed by atoms with Gasteiger partial charge in [0.2, 0.25) is 5.91 Å².